The summed E-state index contributed by atoms with van der Waals surface area (Å²) >= 11 is 0. The van der Waals surface area contributed by atoms with Gasteiger partial charge < -0.3 is 14.8 Å². The Morgan fingerprint density at radius 1 is 1.20 bits per heavy atom. The van der Waals surface area contributed by atoms with Crippen molar-refractivity contribution in [1.82, 2.24) is 10.3 Å². The average molecular weight is 276 g/mol. The molecule has 0 unspecified atom stereocenters. The monoisotopic (exact) mass is 276 g/mol. The van der Waals surface area contributed by atoms with Gasteiger partial charge in [0, 0.05) is 18.3 Å². The average Bonchev–Trinajstić information content (AvgIpc) is 2.48. The van der Waals surface area contributed by atoms with Crippen molar-refractivity contribution in [3.8, 4) is 17.4 Å². The molecule has 0 saturated heterocycles. The number of halogens is 1. The fraction of sp³-hybridized carbons (Fsp3) is 0.267. The Morgan fingerprint density at radius 3 is 2.65 bits per heavy atom. The largest absolute Gasteiger partial charge is 0.493 e. The van der Waals surface area contributed by atoms with E-state index in [1.54, 1.807) is 24.3 Å². The van der Waals surface area contributed by atoms with Crippen molar-refractivity contribution in [2.75, 3.05) is 13.7 Å². The van der Waals surface area contributed by atoms with Crippen LogP contribution >= 0.6 is 0 Å². The van der Waals surface area contributed by atoms with Gasteiger partial charge in [0.1, 0.15) is 0 Å². The predicted molar refractivity (Wildman–Crippen MR) is 74.6 cm³/mol. The molecule has 0 radical (unpaired) electrons. The quantitative estimate of drug-likeness (QED) is 0.880. The molecule has 5 heteroatoms. The van der Waals surface area contributed by atoms with E-state index in [9.17, 15) is 4.39 Å². The van der Waals surface area contributed by atoms with E-state index in [1.807, 2.05) is 13.0 Å². The molecule has 0 amide bonds. The van der Waals surface area contributed by atoms with Gasteiger partial charge in [0.05, 0.1) is 7.11 Å². The Hall–Kier alpha value is -2.14. The number of methoxy groups -OCH3 is 1. The van der Waals surface area contributed by atoms with Gasteiger partial charge >= 0.3 is 0 Å². The van der Waals surface area contributed by atoms with Gasteiger partial charge in [0.25, 0.3) is 5.88 Å². The molecule has 4 nitrogen and oxygen atoms in total. The van der Waals surface area contributed by atoms with Crippen LogP contribution < -0.4 is 14.8 Å². The van der Waals surface area contributed by atoms with Crippen molar-refractivity contribution < 1.29 is 13.9 Å². The van der Waals surface area contributed by atoms with Crippen molar-refractivity contribution in [3.63, 3.8) is 0 Å². The molecular formula is C15H17FN2O2. The molecule has 1 N–H and O–H groups in total. The number of nitrogens with zero attached hydrogens (tertiary/aromatic N) is 1. The lowest BCUT2D eigenvalue weighted by Crippen LogP contribution is -2.13. The van der Waals surface area contributed by atoms with Crippen LogP contribution in [0.25, 0.3) is 0 Å². The van der Waals surface area contributed by atoms with Crippen molar-refractivity contribution in [2.45, 2.75) is 13.5 Å². The van der Waals surface area contributed by atoms with Crippen LogP contribution in [0.1, 0.15) is 12.5 Å². The summed E-state index contributed by atoms with van der Waals surface area (Å²) in [6.45, 7) is 3.17. The SMILES string of the molecule is CCNCc1ccnc(Oc2ccccc2OC)c1F. The summed E-state index contributed by atoms with van der Waals surface area (Å²) in [5.41, 5.74) is 0.520. The molecule has 2 rings (SSSR count). The molecule has 0 aliphatic carbocycles. The normalized spacial score (nSPS) is 10.3. The Morgan fingerprint density at radius 2 is 1.95 bits per heavy atom. The van der Waals surface area contributed by atoms with E-state index in [1.165, 1.54) is 13.3 Å². The van der Waals surface area contributed by atoms with Gasteiger partial charge in [-0.2, -0.15) is 0 Å². The van der Waals surface area contributed by atoms with Gasteiger partial charge in [-0.1, -0.05) is 19.1 Å². The third kappa shape index (κ3) is 3.24. The van der Waals surface area contributed by atoms with Crippen LogP contribution in [-0.2, 0) is 6.54 Å². The van der Waals surface area contributed by atoms with Gasteiger partial charge in [0.15, 0.2) is 17.3 Å². The fourth-order valence-corrected chi connectivity index (χ4v) is 1.74. The molecule has 0 saturated carbocycles. The zero-order chi connectivity index (χ0) is 14.4. The van der Waals surface area contributed by atoms with Gasteiger partial charge in [0.2, 0.25) is 0 Å². The second-order valence-corrected chi connectivity index (χ2v) is 4.12. The van der Waals surface area contributed by atoms with Crippen LogP contribution in [0, 0.1) is 5.82 Å². The smallest absolute Gasteiger partial charge is 0.256 e. The number of hydrogen-bond donors (Lipinski definition) is 1. The zero-order valence-electron chi connectivity index (χ0n) is 11.5. The van der Waals surface area contributed by atoms with Crippen molar-refractivity contribution >= 4 is 0 Å². The lowest BCUT2D eigenvalue weighted by molar-refractivity contribution is 0.362. The van der Waals surface area contributed by atoms with Gasteiger partial charge in [-0.3, -0.25) is 0 Å². The number of benzene rings is 1. The first kappa shape index (κ1) is 14.3. The van der Waals surface area contributed by atoms with Gasteiger partial charge in [-0.15, -0.1) is 0 Å². The van der Waals surface area contributed by atoms with Crippen LogP contribution in [0.15, 0.2) is 36.5 Å². The topological polar surface area (TPSA) is 43.4 Å². The molecular weight excluding hydrogens is 259 g/mol. The molecule has 0 fully saturated rings. The van der Waals surface area contributed by atoms with Crippen LogP contribution in [0.5, 0.6) is 17.4 Å². The fourth-order valence-electron chi connectivity index (χ4n) is 1.74. The number of rotatable bonds is 6. The standard InChI is InChI=1S/C15H17FN2O2/c1-3-17-10-11-8-9-18-15(14(11)16)20-13-7-5-4-6-12(13)19-2/h4-9,17H,3,10H2,1-2H3. The molecule has 20 heavy (non-hydrogen) atoms. The molecule has 1 aromatic carbocycles. The first-order valence-electron chi connectivity index (χ1n) is 6.41. The van der Waals surface area contributed by atoms with E-state index in [2.05, 4.69) is 10.3 Å². The minimum atomic E-state index is -0.459. The second-order valence-electron chi connectivity index (χ2n) is 4.12. The molecule has 0 atom stereocenters. The number of aromatic nitrogens is 1. The summed E-state index contributed by atoms with van der Waals surface area (Å²) in [6, 6.07) is 8.69. The van der Waals surface area contributed by atoms with Crippen molar-refractivity contribution in [1.29, 1.82) is 0 Å². The Labute approximate surface area is 117 Å². The molecule has 0 aliphatic heterocycles. The van der Waals surface area contributed by atoms with Gasteiger partial charge in [-0.05, 0) is 24.7 Å². The molecule has 1 aromatic heterocycles. The van der Waals surface area contributed by atoms with Crippen LogP contribution in [0.2, 0.25) is 0 Å². The third-order valence-corrected chi connectivity index (χ3v) is 2.78. The lowest BCUT2D eigenvalue weighted by Gasteiger charge is -2.11. The van der Waals surface area contributed by atoms with Crippen LogP contribution in [0.4, 0.5) is 4.39 Å². The maximum atomic E-state index is 14.2. The maximum absolute atomic E-state index is 14.2. The highest BCUT2D eigenvalue weighted by Crippen LogP contribution is 2.31. The highest BCUT2D eigenvalue weighted by molar-refractivity contribution is 5.42. The van der Waals surface area contributed by atoms with Crippen molar-refractivity contribution in [3.05, 3.63) is 47.9 Å². The number of hydrogen-bond acceptors (Lipinski definition) is 4. The molecule has 1 heterocycles. The Balaban J connectivity index is 2.25. The number of para-hydroxylation sites is 2. The molecule has 0 spiro atoms. The molecule has 2 aromatic rings. The van der Waals surface area contributed by atoms with Crippen LogP contribution in [0.3, 0.4) is 0 Å². The molecule has 0 bridgehead atoms. The number of ether oxygens (including phenoxy) is 2. The van der Waals surface area contributed by atoms with Crippen molar-refractivity contribution in [2.24, 2.45) is 0 Å². The Bertz CT molecular complexity index is 576. The zero-order valence-corrected chi connectivity index (χ0v) is 11.5. The first-order valence-corrected chi connectivity index (χ1v) is 6.41. The summed E-state index contributed by atoms with van der Waals surface area (Å²) in [7, 11) is 1.54. The third-order valence-electron chi connectivity index (χ3n) is 2.78. The second kappa shape index (κ2) is 6.86. The van der Waals surface area contributed by atoms with Crippen LogP contribution in [-0.4, -0.2) is 18.6 Å². The molecule has 106 valence electrons. The van der Waals surface area contributed by atoms with E-state index in [0.717, 1.165) is 6.54 Å². The van der Waals surface area contributed by atoms with Gasteiger partial charge in [-0.25, -0.2) is 9.37 Å². The summed E-state index contributed by atoms with van der Waals surface area (Å²) < 4.78 is 24.9. The Kier molecular flexibility index (Phi) is 4.90. The maximum Gasteiger partial charge on any atom is 0.256 e. The van der Waals surface area contributed by atoms with E-state index in [-0.39, 0.29) is 5.88 Å². The highest BCUT2D eigenvalue weighted by Gasteiger charge is 2.13. The minimum absolute atomic E-state index is 0.0510. The van der Waals surface area contributed by atoms with E-state index in [4.69, 9.17) is 9.47 Å². The number of pyridine rings is 1. The van der Waals surface area contributed by atoms with E-state index < -0.39 is 5.82 Å². The summed E-state index contributed by atoms with van der Waals surface area (Å²) in [5.74, 6) is 0.456. The summed E-state index contributed by atoms with van der Waals surface area (Å²) in [6.07, 6.45) is 1.53. The molecule has 0 aliphatic rings. The van der Waals surface area contributed by atoms with E-state index in [0.29, 0.717) is 23.6 Å². The minimum Gasteiger partial charge on any atom is -0.493 e. The highest BCUT2D eigenvalue weighted by atomic mass is 19.1. The lowest BCUT2D eigenvalue weighted by atomic mass is 10.2. The predicted octanol–water partition coefficient (Wildman–Crippen LogP) is 3.13. The first-order chi connectivity index (χ1) is 9.76. The number of nitrogens with one attached hydrogen (secondary N) is 1. The summed E-state index contributed by atoms with van der Waals surface area (Å²) in [5, 5.41) is 3.07. The van der Waals surface area contributed by atoms with E-state index >= 15 is 0 Å². The summed E-state index contributed by atoms with van der Waals surface area (Å²) in [4.78, 5) is 3.94.